The maximum atomic E-state index is 12.2. The van der Waals surface area contributed by atoms with Gasteiger partial charge in [-0.3, -0.25) is 4.52 Å². The number of quaternary nitrogens is 1. The Hall–Kier alpha value is 0.340. The molecule has 34 heavy (non-hydrogen) atoms. The van der Waals surface area contributed by atoms with E-state index in [1.807, 2.05) is 21.1 Å². The molecule has 3 unspecified atom stereocenters. The van der Waals surface area contributed by atoms with Crippen LogP contribution in [0.25, 0.3) is 0 Å². The smallest absolute Gasteiger partial charge is 0.469 e. The number of unbranched alkanes of at least 4 members (excludes halogenated alkanes) is 13. The minimum absolute atomic E-state index is 0.0829. The minimum Gasteiger partial charge on any atom is -0.616 e. The molecule has 206 valence electrons. The summed E-state index contributed by atoms with van der Waals surface area (Å²) >= 11 is -1.09. The zero-order valence-corrected chi connectivity index (χ0v) is 24.4. The van der Waals surface area contributed by atoms with Gasteiger partial charge in [0.25, 0.3) is 0 Å². The zero-order valence-electron chi connectivity index (χ0n) is 22.7. The van der Waals surface area contributed by atoms with E-state index in [-0.39, 0.29) is 17.9 Å². The molecule has 0 heterocycles. The largest absolute Gasteiger partial charge is 0.616 e. The molecule has 0 saturated heterocycles. The van der Waals surface area contributed by atoms with E-state index < -0.39 is 19.0 Å². The van der Waals surface area contributed by atoms with Gasteiger partial charge >= 0.3 is 7.82 Å². The van der Waals surface area contributed by atoms with Crippen LogP contribution in [0, 0.1) is 0 Å². The molecule has 0 bridgehead atoms. The second-order valence-electron chi connectivity index (χ2n) is 10.6. The molecule has 0 aliphatic rings. The van der Waals surface area contributed by atoms with Crippen LogP contribution in [0.2, 0.25) is 0 Å². The lowest BCUT2D eigenvalue weighted by Gasteiger charge is -2.35. The van der Waals surface area contributed by atoms with Gasteiger partial charge in [0.15, 0.2) is 0 Å². The third-order valence-electron chi connectivity index (χ3n) is 6.48. The van der Waals surface area contributed by atoms with Crippen LogP contribution in [0.15, 0.2) is 0 Å². The average Bonchev–Trinajstić information content (AvgIpc) is 2.73. The summed E-state index contributed by atoms with van der Waals surface area (Å²) in [5.74, 6) is 0. The molecule has 0 radical (unpaired) electrons. The van der Waals surface area contributed by atoms with Gasteiger partial charge in [-0.2, -0.15) is 0 Å². The topological polar surface area (TPSA) is 99.1 Å². The molecule has 0 aliphatic carbocycles. The molecule has 2 N–H and O–H groups in total. The monoisotopic (exact) mass is 528 g/mol. The van der Waals surface area contributed by atoms with Crippen molar-refractivity contribution in [1.29, 1.82) is 0 Å². The standard InChI is InChI=1S/C25H54NO6PS/c1-6-7-8-9-10-11-12-13-14-15-16-17-18-19-20-31-23-25(34(5)30)21-24(26(2,3)4)22-32-33(27,28)29/h24-25H,6-23H2,1-5H3,(H-,27,28,29)/p+1. The second-order valence-corrected chi connectivity index (χ2v) is 13.5. The first-order valence-electron chi connectivity index (χ1n) is 13.4. The molecule has 0 aliphatic heterocycles. The van der Waals surface area contributed by atoms with Gasteiger partial charge < -0.3 is 23.6 Å². The summed E-state index contributed by atoms with van der Waals surface area (Å²) < 4.78 is 34.4. The van der Waals surface area contributed by atoms with Crippen LogP contribution in [0.4, 0.5) is 0 Å². The molecule has 3 atom stereocenters. The van der Waals surface area contributed by atoms with Crippen molar-refractivity contribution in [1.82, 2.24) is 0 Å². The van der Waals surface area contributed by atoms with Crippen molar-refractivity contribution < 1.29 is 32.6 Å². The van der Waals surface area contributed by atoms with Crippen LogP contribution < -0.4 is 0 Å². The Bertz CT molecular complexity index is 512. The Morgan fingerprint density at radius 3 is 1.65 bits per heavy atom. The maximum Gasteiger partial charge on any atom is 0.469 e. The summed E-state index contributed by atoms with van der Waals surface area (Å²) in [6, 6.07) is -0.189. The van der Waals surface area contributed by atoms with Gasteiger partial charge in [-0.15, -0.1) is 0 Å². The Kier molecular flexibility index (Phi) is 20.6. The molecule has 0 fully saturated rings. The van der Waals surface area contributed by atoms with E-state index in [0.29, 0.717) is 24.1 Å². The highest BCUT2D eigenvalue weighted by Gasteiger charge is 2.34. The SMILES string of the molecule is CCCCCCCCCCCCCCCCOCC(CC(COP(=O)(O)O)[N+](C)(C)C)[S+](C)[O-]. The van der Waals surface area contributed by atoms with Gasteiger partial charge in [0.2, 0.25) is 0 Å². The van der Waals surface area contributed by atoms with E-state index in [2.05, 4.69) is 6.92 Å². The average molecular weight is 529 g/mol. The van der Waals surface area contributed by atoms with Crippen molar-refractivity contribution >= 4 is 19.0 Å². The van der Waals surface area contributed by atoms with Crippen LogP contribution in [0.1, 0.15) is 103 Å². The van der Waals surface area contributed by atoms with Crippen LogP contribution in [0.3, 0.4) is 0 Å². The fraction of sp³-hybridized carbons (Fsp3) is 1.00. The van der Waals surface area contributed by atoms with Crippen molar-refractivity contribution in [3.05, 3.63) is 0 Å². The minimum atomic E-state index is -4.53. The first-order valence-corrected chi connectivity index (χ1v) is 16.5. The quantitative estimate of drug-likeness (QED) is 0.0710. The van der Waals surface area contributed by atoms with Crippen LogP contribution in [-0.2, 0) is 25.0 Å². The highest BCUT2D eigenvalue weighted by Crippen LogP contribution is 2.36. The van der Waals surface area contributed by atoms with Gasteiger partial charge in [-0.25, -0.2) is 4.57 Å². The normalized spacial score (nSPS) is 15.4. The number of ether oxygens (including phenoxy) is 1. The Balaban J connectivity index is 3.88. The Labute approximate surface area is 213 Å². The summed E-state index contributed by atoms with van der Waals surface area (Å²) in [6.45, 7) is 3.24. The highest BCUT2D eigenvalue weighted by atomic mass is 32.2. The van der Waals surface area contributed by atoms with Gasteiger partial charge in [-0.1, -0.05) is 102 Å². The van der Waals surface area contributed by atoms with Crippen LogP contribution in [-0.4, -0.2) is 77.3 Å². The molecule has 0 saturated carbocycles. The zero-order chi connectivity index (χ0) is 25.9. The molecule has 0 rings (SSSR count). The fourth-order valence-electron chi connectivity index (χ4n) is 4.01. The number of rotatable bonds is 24. The summed E-state index contributed by atoms with van der Waals surface area (Å²) in [6.07, 6.45) is 20.7. The van der Waals surface area contributed by atoms with E-state index in [0.717, 1.165) is 12.8 Å². The predicted molar refractivity (Wildman–Crippen MR) is 143 cm³/mol. The van der Waals surface area contributed by atoms with Crippen molar-refractivity contribution in [3.8, 4) is 0 Å². The maximum absolute atomic E-state index is 12.2. The molecule has 9 heteroatoms. The van der Waals surface area contributed by atoms with Crippen molar-refractivity contribution in [3.63, 3.8) is 0 Å². The lowest BCUT2D eigenvalue weighted by Crippen LogP contribution is -2.50. The molecule has 0 aromatic rings. The van der Waals surface area contributed by atoms with Gasteiger partial charge in [-0.05, 0) is 6.42 Å². The number of nitrogens with zero attached hydrogens (tertiary/aromatic N) is 1. The fourth-order valence-corrected chi connectivity index (χ4v) is 5.15. The Morgan fingerprint density at radius 2 is 1.26 bits per heavy atom. The summed E-state index contributed by atoms with van der Waals surface area (Å²) in [5.41, 5.74) is 0. The van der Waals surface area contributed by atoms with Gasteiger partial charge in [0, 0.05) is 6.61 Å². The highest BCUT2D eigenvalue weighted by molar-refractivity contribution is 7.91. The third kappa shape index (κ3) is 21.6. The molecule has 0 spiro atoms. The van der Waals surface area contributed by atoms with E-state index in [1.165, 1.54) is 77.0 Å². The molecular formula is C25H55NO6PS+. The molecule has 7 nitrogen and oxygen atoms in total. The first kappa shape index (κ1) is 34.3. The third-order valence-corrected chi connectivity index (χ3v) is 8.23. The molecule has 0 aromatic carbocycles. The van der Waals surface area contributed by atoms with Crippen LogP contribution >= 0.6 is 7.82 Å². The van der Waals surface area contributed by atoms with E-state index >= 15 is 0 Å². The number of phosphoric ester groups is 1. The van der Waals surface area contributed by atoms with E-state index in [1.54, 1.807) is 6.26 Å². The van der Waals surface area contributed by atoms with Crippen molar-refractivity contribution in [2.75, 3.05) is 47.2 Å². The summed E-state index contributed by atoms with van der Waals surface area (Å²) in [7, 11) is 1.30. The van der Waals surface area contributed by atoms with Crippen LogP contribution in [0.5, 0.6) is 0 Å². The molecule has 0 amide bonds. The Morgan fingerprint density at radius 1 is 0.824 bits per heavy atom. The number of hydrogen-bond donors (Lipinski definition) is 2. The first-order chi connectivity index (χ1) is 16.0. The summed E-state index contributed by atoms with van der Waals surface area (Å²) in [5, 5.41) is -0.186. The van der Waals surface area contributed by atoms with Crippen molar-refractivity contribution in [2.45, 2.75) is 115 Å². The van der Waals surface area contributed by atoms with Gasteiger partial charge in [0.1, 0.15) is 17.9 Å². The van der Waals surface area contributed by atoms with Gasteiger partial charge in [0.05, 0.1) is 40.4 Å². The predicted octanol–water partition coefficient (Wildman–Crippen LogP) is 5.81. The van der Waals surface area contributed by atoms with E-state index in [4.69, 9.17) is 19.0 Å². The van der Waals surface area contributed by atoms with E-state index in [9.17, 15) is 9.12 Å². The molecule has 0 aromatic heterocycles. The molecular weight excluding hydrogens is 473 g/mol. The lowest BCUT2D eigenvalue weighted by molar-refractivity contribution is -0.896. The second kappa shape index (κ2) is 20.4. The number of phosphoric acid groups is 1. The lowest BCUT2D eigenvalue weighted by atomic mass is 10.0. The van der Waals surface area contributed by atoms with Crippen molar-refractivity contribution in [2.24, 2.45) is 0 Å². The number of hydrogen-bond acceptors (Lipinski definition) is 4. The summed E-state index contributed by atoms with van der Waals surface area (Å²) in [4.78, 5) is 18.1. The number of likely N-dealkylation sites (N-methyl/N-ethyl adjacent to an activating group) is 1.